The molecule has 0 aromatic heterocycles. The lowest BCUT2D eigenvalue weighted by Crippen LogP contribution is -2.52. The normalized spacial score (nSPS) is 22.0. The van der Waals surface area contributed by atoms with Crippen molar-refractivity contribution in [1.82, 2.24) is 9.21 Å². The van der Waals surface area contributed by atoms with Crippen LogP contribution in [0, 0.1) is 0 Å². The molecule has 0 aromatic carbocycles. The predicted molar refractivity (Wildman–Crippen MR) is 70.1 cm³/mol. The first-order valence-corrected chi connectivity index (χ1v) is 7.89. The second-order valence-electron chi connectivity index (χ2n) is 4.56. The quantitative estimate of drug-likeness (QED) is 0.305. The van der Waals surface area contributed by atoms with Crippen LogP contribution in [0.4, 0.5) is 0 Å². The minimum absolute atomic E-state index is 0.197. The number of sulfonamides is 1. The number of hydrogen-bond acceptors (Lipinski definition) is 5. The molecule has 1 aliphatic rings. The van der Waals surface area contributed by atoms with Crippen LogP contribution in [0.25, 0.3) is 0 Å². The van der Waals surface area contributed by atoms with Gasteiger partial charge in [0.1, 0.15) is 5.84 Å². The maximum Gasteiger partial charge on any atom is 0.211 e. The maximum absolute atomic E-state index is 11.4. The second kappa shape index (κ2) is 6.35. The molecule has 1 unspecified atom stereocenters. The number of amidine groups is 1. The van der Waals surface area contributed by atoms with E-state index in [0.29, 0.717) is 32.6 Å². The van der Waals surface area contributed by atoms with Crippen molar-refractivity contribution >= 4 is 15.9 Å². The molecular weight excluding hydrogens is 256 g/mol. The van der Waals surface area contributed by atoms with Crippen molar-refractivity contribution < 1.29 is 13.6 Å². The number of rotatable bonds is 5. The van der Waals surface area contributed by atoms with Gasteiger partial charge in [-0.05, 0) is 6.42 Å². The van der Waals surface area contributed by atoms with E-state index in [0.717, 1.165) is 6.42 Å². The fraction of sp³-hybridized carbons (Fsp3) is 0.900. The molecule has 1 rings (SSSR count). The summed E-state index contributed by atoms with van der Waals surface area (Å²) in [4.78, 5) is 2.19. The standard InChI is InChI=1S/C10H22N4O3S/c1-3-9(8-10(11)12-15)13-4-6-14(7-5-13)18(2,16)17/h9,15H,3-8H2,1-2H3,(H2,11,12). The number of nitrogens with two attached hydrogens (primary N) is 1. The van der Waals surface area contributed by atoms with Crippen LogP contribution < -0.4 is 5.73 Å². The first kappa shape index (κ1) is 15.2. The number of piperazine rings is 1. The molecule has 0 spiro atoms. The zero-order valence-corrected chi connectivity index (χ0v) is 11.7. The Morgan fingerprint density at radius 3 is 2.33 bits per heavy atom. The largest absolute Gasteiger partial charge is 0.409 e. The van der Waals surface area contributed by atoms with Gasteiger partial charge >= 0.3 is 0 Å². The van der Waals surface area contributed by atoms with E-state index in [4.69, 9.17) is 10.9 Å². The molecule has 106 valence electrons. The van der Waals surface area contributed by atoms with Crippen molar-refractivity contribution in [3.63, 3.8) is 0 Å². The zero-order chi connectivity index (χ0) is 13.8. The van der Waals surface area contributed by atoms with Gasteiger partial charge in [0.25, 0.3) is 0 Å². The molecule has 0 amide bonds. The zero-order valence-electron chi connectivity index (χ0n) is 10.9. The highest BCUT2D eigenvalue weighted by molar-refractivity contribution is 7.88. The fourth-order valence-electron chi connectivity index (χ4n) is 2.21. The van der Waals surface area contributed by atoms with Gasteiger partial charge in [-0.3, -0.25) is 4.90 Å². The summed E-state index contributed by atoms with van der Waals surface area (Å²) in [6.07, 6.45) is 2.62. The fourth-order valence-corrected chi connectivity index (χ4v) is 3.04. The molecule has 0 aliphatic carbocycles. The Labute approximate surface area is 108 Å². The molecular formula is C10H22N4O3S. The van der Waals surface area contributed by atoms with Crippen molar-refractivity contribution in [3.8, 4) is 0 Å². The van der Waals surface area contributed by atoms with Gasteiger partial charge in [-0.25, -0.2) is 8.42 Å². The molecule has 8 heteroatoms. The Kier molecular flexibility index (Phi) is 5.36. The molecule has 0 radical (unpaired) electrons. The van der Waals surface area contributed by atoms with Crippen molar-refractivity contribution in [2.24, 2.45) is 10.9 Å². The van der Waals surface area contributed by atoms with Crippen LogP contribution in [-0.2, 0) is 10.0 Å². The second-order valence-corrected chi connectivity index (χ2v) is 6.54. The number of nitrogens with zero attached hydrogens (tertiary/aromatic N) is 3. The molecule has 0 saturated carbocycles. The van der Waals surface area contributed by atoms with Crippen molar-refractivity contribution in [3.05, 3.63) is 0 Å². The van der Waals surface area contributed by atoms with Crippen LogP contribution in [0.2, 0.25) is 0 Å². The first-order valence-electron chi connectivity index (χ1n) is 6.04. The molecule has 18 heavy (non-hydrogen) atoms. The first-order chi connectivity index (χ1) is 8.38. The number of oxime groups is 1. The summed E-state index contributed by atoms with van der Waals surface area (Å²) < 4.78 is 24.3. The van der Waals surface area contributed by atoms with Crippen molar-refractivity contribution in [2.75, 3.05) is 32.4 Å². The van der Waals surface area contributed by atoms with Gasteiger partial charge in [0, 0.05) is 38.6 Å². The summed E-state index contributed by atoms with van der Waals surface area (Å²) >= 11 is 0. The minimum atomic E-state index is -3.09. The van der Waals surface area contributed by atoms with Crippen molar-refractivity contribution in [1.29, 1.82) is 0 Å². The maximum atomic E-state index is 11.4. The van der Waals surface area contributed by atoms with Gasteiger partial charge in [0.15, 0.2) is 0 Å². The van der Waals surface area contributed by atoms with Gasteiger partial charge in [-0.2, -0.15) is 4.31 Å². The SMILES string of the molecule is CCC(CC(N)=NO)N1CCN(S(C)(=O)=O)CC1. The third-order valence-electron chi connectivity index (χ3n) is 3.30. The lowest BCUT2D eigenvalue weighted by Gasteiger charge is -2.37. The van der Waals surface area contributed by atoms with E-state index in [2.05, 4.69) is 10.1 Å². The molecule has 0 aromatic rings. The van der Waals surface area contributed by atoms with Gasteiger partial charge in [-0.1, -0.05) is 12.1 Å². The van der Waals surface area contributed by atoms with Gasteiger partial charge in [0.05, 0.1) is 6.26 Å². The van der Waals surface area contributed by atoms with Crippen LogP contribution in [0.1, 0.15) is 19.8 Å². The molecule has 3 N–H and O–H groups in total. The molecule has 1 heterocycles. The molecule has 7 nitrogen and oxygen atoms in total. The van der Waals surface area contributed by atoms with Gasteiger partial charge < -0.3 is 10.9 Å². The highest BCUT2D eigenvalue weighted by Crippen LogP contribution is 2.14. The van der Waals surface area contributed by atoms with Gasteiger partial charge in [0.2, 0.25) is 10.0 Å². The molecule has 1 atom stereocenters. The van der Waals surface area contributed by atoms with Crippen LogP contribution in [0.3, 0.4) is 0 Å². The van der Waals surface area contributed by atoms with E-state index in [9.17, 15) is 8.42 Å². The monoisotopic (exact) mass is 278 g/mol. The Bertz CT molecular complexity index is 388. The Morgan fingerprint density at radius 2 is 1.94 bits per heavy atom. The van der Waals surface area contributed by atoms with E-state index >= 15 is 0 Å². The summed E-state index contributed by atoms with van der Waals surface area (Å²) in [5, 5.41) is 11.6. The van der Waals surface area contributed by atoms with Crippen LogP contribution in [0.5, 0.6) is 0 Å². The predicted octanol–water partition coefficient (Wildman–Crippen LogP) is -0.521. The molecule has 1 fully saturated rings. The molecule has 1 aliphatic heterocycles. The van der Waals surface area contributed by atoms with E-state index in [-0.39, 0.29) is 11.9 Å². The number of hydrogen-bond donors (Lipinski definition) is 2. The Balaban J connectivity index is 2.55. The van der Waals surface area contributed by atoms with Crippen LogP contribution in [-0.4, -0.2) is 67.1 Å². The summed E-state index contributed by atoms with van der Waals surface area (Å²) in [6.45, 7) is 4.42. The van der Waals surface area contributed by atoms with E-state index < -0.39 is 10.0 Å². The highest BCUT2D eigenvalue weighted by Gasteiger charge is 2.27. The van der Waals surface area contributed by atoms with E-state index in [1.807, 2.05) is 6.92 Å². The third-order valence-corrected chi connectivity index (χ3v) is 4.61. The highest BCUT2D eigenvalue weighted by atomic mass is 32.2. The van der Waals surface area contributed by atoms with Gasteiger partial charge in [-0.15, -0.1) is 0 Å². The summed E-state index contributed by atoms with van der Waals surface area (Å²) in [7, 11) is -3.09. The average molecular weight is 278 g/mol. The average Bonchev–Trinajstić information content (AvgIpc) is 2.34. The summed E-state index contributed by atoms with van der Waals surface area (Å²) in [5.41, 5.74) is 5.52. The third kappa shape index (κ3) is 4.11. The lowest BCUT2D eigenvalue weighted by atomic mass is 10.1. The van der Waals surface area contributed by atoms with Crippen LogP contribution >= 0.6 is 0 Å². The van der Waals surface area contributed by atoms with Crippen LogP contribution in [0.15, 0.2) is 5.16 Å². The summed E-state index contributed by atoms with van der Waals surface area (Å²) in [5.74, 6) is 0.215. The summed E-state index contributed by atoms with van der Waals surface area (Å²) in [6, 6.07) is 0.197. The smallest absolute Gasteiger partial charge is 0.211 e. The topological polar surface area (TPSA) is 99.2 Å². The Hall–Kier alpha value is -0.860. The minimum Gasteiger partial charge on any atom is -0.409 e. The van der Waals surface area contributed by atoms with E-state index in [1.54, 1.807) is 0 Å². The molecule has 1 saturated heterocycles. The Morgan fingerprint density at radius 1 is 1.39 bits per heavy atom. The molecule has 0 bridgehead atoms. The van der Waals surface area contributed by atoms with E-state index in [1.165, 1.54) is 10.6 Å². The lowest BCUT2D eigenvalue weighted by molar-refractivity contribution is 0.136. The van der Waals surface area contributed by atoms with Crippen molar-refractivity contribution in [2.45, 2.75) is 25.8 Å².